The van der Waals surface area contributed by atoms with Gasteiger partial charge in [-0.1, -0.05) is 12.1 Å². The Kier molecular flexibility index (Phi) is 6.53. The van der Waals surface area contributed by atoms with Crippen molar-refractivity contribution in [2.75, 3.05) is 20.7 Å². The van der Waals surface area contributed by atoms with Gasteiger partial charge in [-0.3, -0.25) is 4.79 Å². The van der Waals surface area contributed by atoms with E-state index in [0.29, 0.717) is 6.54 Å². The van der Waals surface area contributed by atoms with Crippen LogP contribution in [0.2, 0.25) is 0 Å². The molecular formula is C11H17ClN2O2. The fourth-order valence-corrected chi connectivity index (χ4v) is 1.29. The van der Waals surface area contributed by atoms with Crippen LogP contribution in [-0.2, 0) is 11.3 Å². The second kappa shape index (κ2) is 7.09. The minimum Gasteiger partial charge on any atom is -0.497 e. The van der Waals surface area contributed by atoms with Gasteiger partial charge in [0.2, 0.25) is 5.91 Å². The minimum atomic E-state index is -0.0715. The molecule has 0 bridgehead atoms. The number of hydrogen-bond acceptors (Lipinski definition) is 3. The average molecular weight is 245 g/mol. The van der Waals surface area contributed by atoms with Gasteiger partial charge >= 0.3 is 0 Å². The Bertz CT molecular complexity index is 345. The molecule has 4 nitrogen and oxygen atoms in total. The molecule has 1 rings (SSSR count). The molecule has 1 amide bonds. The van der Waals surface area contributed by atoms with E-state index in [1.165, 1.54) is 0 Å². The summed E-state index contributed by atoms with van der Waals surface area (Å²) in [6.07, 6.45) is 0. The molecule has 0 radical (unpaired) electrons. The van der Waals surface area contributed by atoms with Crippen molar-refractivity contribution < 1.29 is 9.53 Å². The Morgan fingerprint density at radius 3 is 2.75 bits per heavy atom. The number of carbonyl (C=O) groups is 1. The predicted octanol–water partition coefficient (Wildman–Crippen LogP) is 1.03. The summed E-state index contributed by atoms with van der Waals surface area (Å²) in [7, 11) is 3.35. The van der Waals surface area contributed by atoms with Gasteiger partial charge in [-0.25, -0.2) is 0 Å². The van der Waals surface area contributed by atoms with Crippen molar-refractivity contribution in [3.8, 4) is 5.75 Å². The molecule has 90 valence electrons. The van der Waals surface area contributed by atoms with E-state index in [4.69, 9.17) is 10.5 Å². The maximum absolute atomic E-state index is 11.2. The summed E-state index contributed by atoms with van der Waals surface area (Å²) < 4.78 is 5.10. The third-order valence-electron chi connectivity index (χ3n) is 2.15. The van der Waals surface area contributed by atoms with Crippen molar-refractivity contribution >= 4 is 18.3 Å². The highest BCUT2D eigenvalue weighted by atomic mass is 35.5. The lowest BCUT2D eigenvalue weighted by Gasteiger charge is -2.16. The summed E-state index contributed by atoms with van der Waals surface area (Å²) in [5, 5.41) is 0. The van der Waals surface area contributed by atoms with E-state index in [2.05, 4.69) is 0 Å². The minimum absolute atomic E-state index is 0. The molecule has 0 saturated heterocycles. The number of carbonyl (C=O) groups excluding carboxylic acids is 1. The Morgan fingerprint density at radius 2 is 2.19 bits per heavy atom. The van der Waals surface area contributed by atoms with Gasteiger partial charge < -0.3 is 15.4 Å². The lowest BCUT2D eigenvalue weighted by molar-refractivity contribution is -0.128. The number of rotatable bonds is 4. The molecule has 0 heterocycles. The van der Waals surface area contributed by atoms with Crippen molar-refractivity contribution in [3.05, 3.63) is 29.8 Å². The van der Waals surface area contributed by atoms with Gasteiger partial charge in [0, 0.05) is 13.6 Å². The highest BCUT2D eigenvalue weighted by molar-refractivity contribution is 5.85. The molecule has 1 aromatic carbocycles. The third kappa shape index (κ3) is 4.08. The van der Waals surface area contributed by atoms with Gasteiger partial charge in [-0.2, -0.15) is 0 Å². The Labute approximate surface area is 102 Å². The monoisotopic (exact) mass is 244 g/mol. The predicted molar refractivity (Wildman–Crippen MR) is 65.8 cm³/mol. The number of likely N-dealkylation sites (N-methyl/N-ethyl adjacent to an activating group) is 1. The van der Waals surface area contributed by atoms with Crippen LogP contribution < -0.4 is 10.5 Å². The highest BCUT2D eigenvalue weighted by Crippen LogP contribution is 2.13. The molecule has 1 aromatic rings. The fourth-order valence-electron chi connectivity index (χ4n) is 1.29. The molecule has 0 saturated carbocycles. The molecule has 2 N–H and O–H groups in total. The first kappa shape index (κ1) is 14.7. The van der Waals surface area contributed by atoms with Crippen LogP contribution in [0.4, 0.5) is 0 Å². The molecule has 0 spiro atoms. The standard InChI is InChI=1S/C11H16N2O2.ClH/c1-13(11(14)7-12)8-9-4-3-5-10(6-9)15-2;/h3-6H,7-8,12H2,1-2H3;1H. The number of ether oxygens (including phenoxy) is 1. The summed E-state index contributed by atoms with van der Waals surface area (Å²) in [6, 6.07) is 7.62. The SMILES string of the molecule is COc1cccc(CN(C)C(=O)CN)c1.Cl. The van der Waals surface area contributed by atoms with Gasteiger partial charge in [0.05, 0.1) is 13.7 Å². The van der Waals surface area contributed by atoms with Crippen molar-refractivity contribution in [3.63, 3.8) is 0 Å². The Balaban J connectivity index is 0.00000225. The van der Waals surface area contributed by atoms with Crippen LogP contribution in [0.25, 0.3) is 0 Å². The first-order chi connectivity index (χ1) is 7.17. The Morgan fingerprint density at radius 1 is 1.50 bits per heavy atom. The number of amides is 1. The van der Waals surface area contributed by atoms with Crippen LogP contribution in [0.5, 0.6) is 5.75 Å². The van der Waals surface area contributed by atoms with Gasteiger partial charge in [0.15, 0.2) is 0 Å². The van der Waals surface area contributed by atoms with Gasteiger partial charge in [0.1, 0.15) is 5.75 Å². The number of methoxy groups -OCH3 is 1. The van der Waals surface area contributed by atoms with Crippen molar-refractivity contribution in [2.45, 2.75) is 6.54 Å². The van der Waals surface area contributed by atoms with Crippen LogP contribution in [0.3, 0.4) is 0 Å². The lowest BCUT2D eigenvalue weighted by Crippen LogP contribution is -2.32. The maximum Gasteiger partial charge on any atom is 0.236 e. The number of hydrogen-bond donors (Lipinski definition) is 1. The summed E-state index contributed by atoms with van der Waals surface area (Å²) >= 11 is 0. The van der Waals surface area contributed by atoms with Crippen LogP contribution in [0.15, 0.2) is 24.3 Å². The zero-order chi connectivity index (χ0) is 11.3. The molecular weight excluding hydrogens is 228 g/mol. The highest BCUT2D eigenvalue weighted by Gasteiger charge is 2.06. The van der Waals surface area contributed by atoms with E-state index in [-0.39, 0.29) is 24.9 Å². The quantitative estimate of drug-likeness (QED) is 0.861. The zero-order valence-electron chi connectivity index (χ0n) is 9.47. The summed E-state index contributed by atoms with van der Waals surface area (Å²) in [5.41, 5.74) is 6.29. The van der Waals surface area contributed by atoms with E-state index >= 15 is 0 Å². The summed E-state index contributed by atoms with van der Waals surface area (Å²) in [5.74, 6) is 0.721. The molecule has 0 aliphatic rings. The molecule has 0 atom stereocenters. The molecule has 16 heavy (non-hydrogen) atoms. The first-order valence-corrected chi connectivity index (χ1v) is 4.74. The van der Waals surface area contributed by atoms with Crippen molar-refractivity contribution in [1.82, 2.24) is 4.90 Å². The van der Waals surface area contributed by atoms with Crippen molar-refractivity contribution in [1.29, 1.82) is 0 Å². The van der Waals surface area contributed by atoms with Crippen LogP contribution >= 0.6 is 12.4 Å². The second-order valence-corrected chi connectivity index (χ2v) is 3.31. The molecule has 0 fully saturated rings. The van der Waals surface area contributed by atoms with Crippen LogP contribution in [-0.4, -0.2) is 31.5 Å². The first-order valence-electron chi connectivity index (χ1n) is 4.74. The molecule has 5 heteroatoms. The van der Waals surface area contributed by atoms with Crippen molar-refractivity contribution in [2.24, 2.45) is 5.73 Å². The number of benzene rings is 1. The smallest absolute Gasteiger partial charge is 0.236 e. The Hall–Kier alpha value is -1.26. The number of nitrogens with zero attached hydrogens (tertiary/aromatic N) is 1. The van der Waals surface area contributed by atoms with Gasteiger partial charge in [0.25, 0.3) is 0 Å². The zero-order valence-corrected chi connectivity index (χ0v) is 10.3. The maximum atomic E-state index is 11.2. The van der Waals surface area contributed by atoms with Crippen LogP contribution in [0.1, 0.15) is 5.56 Å². The molecule has 0 aromatic heterocycles. The van der Waals surface area contributed by atoms with E-state index in [1.807, 2.05) is 24.3 Å². The summed E-state index contributed by atoms with van der Waals surface area (Å²) in [4.78, 5) is 12.8. The fraction of sp³-hybridized carbons (Fsp3) is 0.364. The number of nitrogens with two attached hydrogens (primary N) is 1. The topological polar surface area (TPSA) is 55.6 Å². The van der Waals surface area contributed by atoms with E-state index in [0.717, 1.165) is 11.3 Å². The average Bonchev–Trinajstić information content (AvgIpc) is 2.28. The largest absolute Gasteiger partial charge is 0.497 e. The molecule has 0 aliphatic heterocycles. The van der Waals surface area contributed by atoms with E-state index < -0.39 is 0 Å². The van der Waals surface area contributed by atoms with Crippen LogP contribution in [0, 0.1) is 0 Å². The third-order valence-corrected chi connectivity index (χ3v) is 2.15. The van der Waals surface area contributed by atoms with E-state index in [1.54, 1.807) is 19.1 Å². The lowest BCUT2D eigenvalue weighted by atomic mass is 10.2. The normalized spacial score (nSPS) is 9.19. The summed E-state index contributed by atoms with van der Waals surface area (Å²) in [6.45, 7) is 0.591. The van der Waals surface area contributed by atoms with Gasteiger partial charge in [-0.15, -0.1) is 12.4 Å². The number of halogens is 1. The molecule has 0 unspecified atom stereocenters. The van der Waals surface area contributed by atoms with Gasteiger partial charge in [-0.05, 0) is 17.7 Å². The second-order valence-electron chi connectivity index (χ2n) is 3.31. The molecule has 0 aliphatic carbocycles. The van der Waals surface area contributed by atoms with E-state index in [9.17, 15) is 4.79 Å².